The quantitative estimate of drug-likeness (QED) is 0.752. The molecule has 0 aliphatic carbocycles. The number of hydrogen-bond acceptors (Lipinski definition) is 4. The Morgan fingerprint density at radius 3 is 2.86 bits per heavy atom. The zero-order chi connectivity index (χ0) is 15.0. The maximum absolute atomic E-state index is 12.3. The fourth-order valence-corrected chi connectivity index (χ4v) is 2.51. The molecule has 0 bridgehead atoms. The maximum atomic E-state index is 12.3. The van der Waals surface area contributed by atoms with Crippen LogP contribution in [0, 0.1) is 0 Å². The Kier molecular flexibility index (Phi) is 3.09. The van der Waals surface area contributed by atoms with Crippen molar-refractivity contribution in [3.63, 3.8) is 0 Å². The van der Waals surface area contributed by atoms with Gasteiger partial charge in [-0.25, -0.2) is 0 Å². The molecule has 1 aromatic carbocycles. The molecule has 2 aromatic rings. The van der Waals surface area contributed by atoms with Gasteiger partial charge in [-0.1, -0.05) is 18.2 Å². The van der Waals surface area contributed by atoms with Gasteiger partial charge in [-0.3, -0.25) is 14.3 Å². The Morgan fingerprint density at radius 1 is 1.38 bits per heavy atom. The summed E-state index contributed by atoms with van der Waals surface area (Å²) < 4.78 is 1.41. The molecule has 108 valence electrons. The number of nitrogens with zero attached hydrogens (tertiary/aromatic N) is 2. The minimum Gasteiger partial charge on any atom is -0.396 e. The number of fused-ring (bicyclic) bond motifs is 1. The third-order valence-electron chi connectivity index (χ3n) is 3.58. The first-order chi connectivity index (χ1) is 10.1. The highest BCUT2D eigenvalue weighted by molar-refractivity contribution is 5.97. The molecule has 2 amide bonds. The highest BCUT2D eigenvalue weighted by Crippen LogP contribution is 2.27. The van der Waals surface area contributed by atoms with Gasteiger partial charge in [0.1, 0.15) is 6.04 Å². The van der Waals surface area contributed by atoms with Crippen LogP contribution in [0.1, 0.15) is 28.5 Å². The second-order valence-corrected chi connectivity index (χ2v) is 4.98. The van der Waals surface area contributed by atoms with Crippen LogP contribution in [0.25, 0.3) is 0 Å². The molecule has 1 aromatic heterocycles. The molecule has 0 saturated heterocycles. The van der Waals surface area contributed by atoms with Gasteiger partial charge in [0.2, 0.25) is 5.91 Å². The predicted molar refractivity (Wildman–Crippen MR) is 77.6 cm³/mol. The standard InChI is InChI=1S/C14H15N5O2/c15-9-7-19(18-12(9)13(16)20)11-6-5-8-3-1-2-4-10(8)17-14(11)21/h1-4,7,11H,5-6,15H2,(H2,16,20)(H,17,21). The highest BCUT2D eigenvalue weighted by Gasteiger charge is 2.27. The van der Waals surface area contributed by atoms with Gasteiger partial charge in [-0.15, -0.1) is 0 Å². The number of rotatable bonds is 2. The Labute approximate surface area is 120 Å². The Morgan fingerprint density at radius 2 is 2.14 bits per heavy atom. The van der Waals surface area contributed by atoms with Crippen molar-refractivity contribution in [2.45, 2.75) is 18.9 Å². The smallest absolute Gasteiger partial charge is 0.271 e. The molecular weight excluding hydrogens is 270 g/mol. The number of amides is 2. The maximum Gasteiger partial charge on any atom is 0.271 e. The molecule has 2 heterocycles. The molecule has 1 unspecified atom stereocenters. The molecule has 5 N–H and O–H groups in total. The van der Waals surface area contributed by atoms with Gasteiger partial charge < -0.3 is 16.8 Å². The van der Waals surface area contributed by atoms with E-state index < -0.39 is 11.9 Å². The summed E-state index contributed by atoms with van der Waals surface area (Å²) in [5, 5.41) is 6.92. The molecule has 3 rings (SSSR count). The van der Waals surface area contributed by atoms with Gasteiger partial charge in [0, 0.05) is 11.9 Å². The fourth-order valence-electron chi connectivity index (χ4n) is 2.51. The third-order valence-corrected chi connectivity index (χ3v) is 3.58. The van der Waals surface area contributed by atoms with E-state index in [2.05, 4.69) is 10.4 Å². The molecule has 1 atom stereocenters. The van der Waals surface area contributed by atoms with Crippen molar-refractivity contribution in [1.82, 2.24) is 9.78 Å². The van der Waals surface area contributed by atoms with Gasteiger partial charge in [0.25, 0.3) is 5.91 Å². The normalized spacial score (nSPS) is 17.7. The number of aromatic nitrogens is 2. The lowest BCUT2D eigenvalue weighted by atomic mass is 10.1. The molecule has 0 saturated carbocycles. The van der Waals surface area contributed by atoms with Crippen LogP contribution in [0.15, 0.2) is 30.5 Å². The van der Waals surface area contributed by atoms with Crippen LogP contribution in [-0.2, 0) is 11.2 Å². The molecule has 1 aliphatic rings. The zero-order valence-electron chi connectivity index (χ0n) is 11.2. The molecular formula is C14H15N5O2. The summed E-state index contributed by atoms with van der Waals surface area (Å²) in [5.41, 5.74) is 12.9. The minimum atomic E-state index is -0.705. The lowest BCUT2D eigenvalue weighted by molar-refractivity contribution is -0.119. The number of nitrogens with one attached hydrogen (secondary N) is 1. The molecule has 7 nitrogen and oxygen atoms in total. The molecule has 1 aliphatic heterocycles. The number of anilines is 2. The third kappa shape index (κ3) is 2.33. The number of nitrogens with two attached hydrogens (primary N) is 2. The number of para-hydroxylation sites is 1. The van der Waals surface area contributed by atoms with E-state index in [9.17, 15) is 9.59 Å². The van der Waals surface area contributed by atoms with E-state index >= 15 is 0 Å². The van der Waals surface area contributed by atoms with Crippen LogP contribution in [0.5, 0.6) is 0 Å². The van der Waals surface area contributed by atoms with Crippen LogP contribution in [0.4, 0.5) is 11.4 Å². The Balaban J connectivity index is 1.92. The van der Waals surface area contributed by atoms with E-state index in [1.165, 1.54) is 10.9 Å². The average Bonchev–Trinajstić information content (AvgIpc) is 2.74. The summed E-state index contributed by atoms with van der Waals surface area (Å²) in [6, 6.07) is 7.12. The van der Waals surface area contributed by atoms with Crippen molar-refractivity contribution in [3.8, 4) is 0 Å². The van der Waals surface area contributed by atoms with Crippen molar-refractivity contribution in [2.24, 2.45) is 5.73 Å². The monoisotopic (exact) mass is 285 g/mol. The van der Waals surface area contributed by atoms with E-state index in [1.807, 2.05) is 24.3 Å². The summed E-state index contributed by atoms with van der Waals surface area (Å²) in [6.07, 6.45) is 2.77. The fraction of sp³-hybridized carbons (Fsp3) is 0.214. The molecule has 0 fully saturated rings. The highest BCUT2D eigenvalue weighted by atomic mass is 16.2. The first kappa shape index (κ1) is 13.2. The summed E-state index contributed by atoms with van der Waals surface area (Å²) >= 11 is 0. The number of nitrogen functional groups attached to an aromatic ring is 1. The topological polar surface area (TPSA) is 116 Å². The van der Waals surface area contributed by atoms with Crippen LogP contribution in [-0.4, -0.2) is 21.6 Å². The van der Waals surface area contributed by atoms with Crippen LogP contribution >= 0.6 is 0 Å². The SMILES string of the molecule is NC(=O)c1nn(C2CCc3ccccc3NC2=O)cc1N. The summed E-state index contributed by atoms with van der Waals surface area (Å²) in [4.78, 5) is 23.6. The average molecular weight is 285 g/mol. The van der Waals surface area contributed by atoms with Crippen molar-refractivity contribution in [2.75, 3.05) is 11.1 Å². The van der Waals surface area contributed by atoms with Crippen molar-refractivity contribution < 1.29 is 9.59 Å². The number of hydrogen-bond donors (Lipinski definition) is 3. The number of carbonyl (C=O) groups excluding carboxylic acids is 2. The van der Waals surface area contributed by atoms with Gasteiger partial charge in [0.15, 0.2) is 5.69 Å². The van der Waals surface area contributed by atoms with E-state index in [0.29, 0.717) is 6.42 Å². The van der Waals surface area contributed by atoms with E-state index in [1.54, 1.807) is 0 Å². The van der Waals surface area contributed by atoms with Crippen LogP contribution < -0.4 is 16.8 Å². The Bertz CT molecular complexity index is 722. The first-order valence-corrected chi connectivity index (χ1v) is 6.59. The largest absolute Gasteiger partial charge is 0.396 e. The number of primary amides is 1. The van der Waals surface area contributed by atoms with E-state index in [0.717, 1.165) is 17.7 Å². The number of aryl methyl sites for hydroxylation is 1. The molecule has 0 radical (unpaired) electrons. The predicted octanol–water partition coefficient (Wildman–Crippen LogP) is 0.690. The summed E-state index contributed by atoms with van der Waals surface area (Å²) in [5.74, 6) is -0.887. The zero-order valence-corrected chi connectivity index (χ0v) is 11.2. The summed E-state index contributed by atoms with van der Waals surface area (Å²) in [7, 11) is 0. The van der Waals surface area contributed by atoms with Gasteiger partial charge in [-0.05, 0) is 24.5 Å². The van der Waals surface area contributed by atoms with Gasteiger partial charge in [-0.2, -0.15) is 5.10 Å². The van der Waals surface area contributed by atoms with Crippen LogP contribution in [0.2, 0.25) is 0 Å². The Hall–Kier alpha value is -2.83. The van der Waals surface area contributed by atoms with E-state index in [4.69, 9.17) is 11.5 Å². The number of carbonyl (C=O) groups is 2. The second kappa shape index (κ2) is 4.93. The van der Waals surface area contributed by atoms with Gasteiger partial charge >= 0.3 is 0 Å². The van der Waals surface area contributed by atoms with Crippen molar-refractivity contribution in [3.05, 3.63) is 41.7 Å². The lowest BCUT2D eigenvalue weighted by Crippen LogP contribution is -2.25. The first-order valence-electron chi connectivity index (χ1n) is 6.59. The lowest BCUT2D eigenvalue weighted by Gasteiger charge is -2.13. The van der Waals surface area contributed by atoms with Gasteiger partial charge in [0.05, 0.1) is 5.69 Å². The molecule has 0 spiro atoms. The van der Waals surface area contributed by atoms with Crippen molar-refractivity contribution >= 4 is 23.2 Å². The van der Waals surface area contributed by atoms with E-state index in [-0.39, 0.29) is 17.3 Å². The molecule has 21 heavy (non-hydrogen) atoms. The van der Waals surface area contributed by atoms with Crippen molar-refractivity contribution in [1.29, 1.82) is 0 Å². The molecule has 7 heteroatoms. The summed E-state index contributed by atoms with van der Waals surface area (Å²) in [6.45, 7) is 0. The minimum absolute atomic E-state index is 0.00967. The number of benzene rings is 1. The van der Waals surface area contributed by atoms with Crippen LogP contribution in [0.3, 0.4) is 0 Å². The second-order valence-electron chi connectivity index (χ2n) is 4.98.